The van der Waals surface area contributed by atoms with Crippen molar-refractivity contribution in [3.63, 3.8) is 0 Å². The molecule has 72 valence electrons. The summed E-state index contributed by atoms with van der Waals surface area (Å²) in [6, 6.07) is 6.68. The second-order valence-electron chi connectivity index (χ2n) is 2.83. The number of para-hydroxylation sites is 1. The lowest BCUT2D eigenvalue weighted by Crippen LogP contribution is -2.02. The Labute approximate surface area is 81.2 Å². The van der Waals surface area contributed by atoms with Crippen LogP contribution >= 0.6 is 0 Å². The van der Waals surface area contributed by atoms with Crippen LogP contribution in [0.3, 0.4) is 0 Å². The van der Waals surface area contributed by atoms with E-state index < -0.39 is 0 Å². The van der Waals surface area contributed by atoms with Gasteiger partial charge in [-0.1, -0.05) is 6.07 Å². The molecule has 0 unspecified atom stereocenters. The molecule has 14 heavy (non-hydrogen) atoms. The van der Waals surface area contributed by atoms with Gasteiger partial charge in [0.05, 0.1) is 11.4 Å². The van der Waals surface area contributed by atoms with E-state index in [9.17, 15) is 4.39 Å². The first-order valence-corrected chi connectivity index (χ1v) is 4.29. The molecule has 1 heterocycles. The van der Waals surface area contributed by atoms with Gasteiger partial charge in [-0.15, -0.1) is 0 Å². The van der Waals surface area contributed by atoms with Gasteiger partial charge in [0.2, 0.25) is 0 Å². The molecule has 0 aliphatic carbocycles. The number of nitrogens with zero attached hydrogens (tertiary/aromatic N) is 2. The standard InChI is InChI=1S/C10H10FN3/c1-12-10-8(11)4-2-5-9(10)14-7-3-6-13-14/h2-7,12H,1H3. The Morgan fingerprint density at radius 3 is 2.86 bits per heavy atom. The van der Waals surface area contributed by atoms with Crippen molar-refractivity contribution in [3.8, 4) is 5.69 Å². The number of halogens is 1. The van der Waals surface area contributed by atoms with E-state index in [0.717, 1.165) is 0 Å². The van der Waals surface area contributed by atoms with Gasteiger partial charge in [0.25, 0.3) is 0 Å². The summed E-state index contributed by atoms with van der Waals surface area (Å²) in [5.41, 5.74) is 1.16. The zero-order chi connectivity index (χ0) is 9.97. The Kier molecular flexibility index (Phi) is 2.18. The van der Waals surface area contributed by atoms with Gasteiger partial charge >= 0.3 is 0 Å². The van der Waals surface area contributed by atoms with Crippen molar-refractivity contribution in [2.24, 2.45) is 0 Å². The Hall–Kier alpha value is -1.84. The van der Waals surface area contributed by atoms with Gasteiger partial charge < -0.3 is 5.32 Å². The first-order chi connectivity index (χ1) is 6.83. The molecule has 4 heteroatoms. The molecule has 0 bridgehead atoms. The molecule has 0 aliphatic rings. The summed E-state index contributed by atoms with van der Waals surface area (Å²) in [7, 11) is 1.69. The van der Waals surface area contributed by atoms with Crippen LogP contribution in [0.2, 0.25) is 0 Å². The van der Waals surface area contributed by atoms with Gasteiger partial charge in [0, 0.05) is 19.4 Å². The maximum Gasteiger partial charge on any atom is 0.148 e. The highest BCUT2D eigenvalue weighted by Crippen LogP contribution is 2.22. The Balaban J connectivity index is 2.58. The van der Waals surface area contributed by atoms with Crippen LogP contribution in [0.25, 0.3) is 5.69 Å². The van der Waals surface area contributed by atoms with Crippen LogP contribution in [0.5, 0.6) is 0 Å². The Bertz CT molecular complexity index is 423. The van der Waals surface area contributed by atoms with Gasteiger partial charge in [-0.3, -0.25) is 0 Å². The molecule has 1 aromatic heterocycles. The molecule has 0 saturated heterocycles. The summed E-state index contributed by atoms with van der Waals surface area (Å²) in [5, 5.41) is 6.86. The lowest BCUT2D eigenvalue weighted by molar-refractivity contribution is 0.629. The van der Waals surface area contributed by atoms with Crippen molar-refractivity contribution in [1.29, 1.82) is 0 Å². The minimum Gasteiger partial charge on any atom is -0.384 e. The maximum atomic E-state index is 13.3. The summed E-state index contributed by atoms with van der Waals surface area (Å²) in [4.78, 5) is 0. The summed E-state index contributed by atoms with van der Waals surface area (Å²) in [6.07, 6.45) is 3.43. The molecule has 0 amide bonds. The molecule has 2 rings (SSSR count). The third-order valence-corrected chi connectivity index (χ3v) is 1.99. The molecule has 1 aromatic carbocycles. The predicted molar refractivity (Wildman–Crippen MR) is 53.1 cm³/mol. The SMILES string of the molecule is CNc1c(F)cccc1-n1cccn1. The van der Waals surface area contributed by atoms with E-state index in [2.05, 4.69) is 10.4 Å². The van der Waals surface area contributed by atoms with Gasteiger partial charge in [0.15, 0.2) is 0 Å². The topological polar surface area (TPSA) is 29.9 Å². The van der Waals surface area contributed by atoms with Crippen LogP contribution in [0.15, 0.2) is 36.7 Å². The van der Waals surface area contributed by atoms with Crippen molar-refractivity contribution >= 4 is 5.69 Å². The van der Waals surface area contributed by atoms with Crippen LogP contribution in [0.1, 0.15) is 0 Å². The van der Waals surface area contributed by atoms with Crippen LogP contribution < -0.4 is 5.32 Å². The fourth-order valence-electron chi connectivity index (χ4n) is 1.36. The van der Waals surface area contributed by atoms with Gasteiger partial charge in [-0.2, -0.15) is 5.10 Å². The third kappa shape index (κ3) is 1.35. The average Bonchev–Trinajstić information content (AvgIpc) is 2.70. The van der Waals surface area contributed by atoms with Crippen molar-refractivity contribution in [1.82, 2.24) is 9.78 Å². The van der Waals surface area contributed by atoms with Crippen LogP contribution in [-0.4, -0.2) is 16.8 Å². The molecule has 0 radical (unpaired) electrons. The number of hydrogen-bond acceptors (Lipinski definition) is 2. The molecule has 3 nitrogen and oxygen atoms in total. The highest BCUT2D eigenvalue weighted by molar-refractivity contribution is 5.61. The Morgan fingerprint density at radius 1 is 1.36 bits per heavy atom. The quantitative estimate of drug-likeness (QED) is 0.787. The predicted octanol–water partition coefficient (Wildman–Crippen LogP) is 2.05. The minimum atomic E-state index is -0.277. The van der Waals surface area contributed by atoms with Crippen molar-refractivity contribution < 1.29 is 4.39 Å². The van der Waals surface area contributed by atoms with Crippen LogP contribution in [-0.2, 0) is 0 Å². The first kappa shape index (κ1) is 8.74. The van der Waals surface area contributed by atoms with E-state index in [-0.39, 0.29) is 5.82 Å². The van der Waals surface area contributed by atoms with Crippen LogP contribution in [0, 0.1) is 5.82 Å². The second-order valence-corrected chi connectivity index (χ2v) is 2.83. The lowest BCUT2D eigenvalue weighted by Gasteiger charge is -2.09. The largest absolute Gasteiger partial charge is 0.384 e. The maximum absolute atomic E-state index is 13.3. The number of nitrogens with one attached hydrogen (secondary N) is 1. The average molecular weight is 191 g/mol. The summed E-state index contributed by atoms with van der Waals surface area (Å²) < 4.78 is 15.0. The molecule has 0 spiro atoms. The monoisotopic (exact) mass is 191 g/mol. The zero-order valence-corrected chi connectivity index (χ0v) is 7.74. The number of anilines is 1. The summed E-state index contributed by atoms with van der Waals surface area (Å²) in [6.45, 7) is 0. The number of rotatable bonds is 2. The second kappa shape index (κ2) is 3.49. The van der Waals surface area contributed by atoms with Gasteiger partial charge in [0.1, 0.15) is 5.82 Å². The molecule has 1 N–H and O–H groups in total. The normalized spacial score (nSPS) is 10.1. The van der Waals surface area contributed by atoms with Gasteiger partial charge in [-0.25, -0.2) is 9.07 Å². The van der Waals surface area contributed by atoms with E-state index in [4.69, 9.17) is 0 Å². The van der Waals surface area contributed by atoms with E-state index >= 15 is 0 Å². The highest BCUT2D eigenvalue weighted by atomic mass is 19.1. The molecular weight excluding hydrogens is 181 g/mol. The fourth-order valence-corrected chi connectivity index (χ4v) is 1.36. The fraction of sp³-hybridized carbons (Fsp3) is 0.100. The lowest BCUT2D eigenvalue weighted by atomic mass is 10.2. The van der Waals surface area contributed by atoms with Crippen molar-refractivity contribution in [3.05, 3.63) is 42.5 Å². The number of aromatic nitrogens is 2. The third-order valence-electron chi connectivity index (χ3n) is 1.99. The molecule has 0 aliphatic heterocycles. The van der Waals surface area contributed by atoms with E-state index in [1.54, 1.807) is 36.3 Å². The van der Waals surface area contributed by atoms with E-state index in [1.165, 1.54) is 6.07 Å². The first-order valence-electron chi connectivity index (χ1n) is 4.29. The molecule has 0 fully saturated rings. The van der Waals surface area contributed by atoms with Crippen LogP contribution in [0.4, 0.5) is 10.1 Å². The van der Waals surface area contributed by atoms with Gasteiger partial charge in [-0.05, 0) is 18.2 Å². The van der Waals surface area contributed by atoms with E-state index in [1.807, 2.05) is 6.07 Å². The Morgan fingerprint density at radius 2 is 2.21 bits per heavy atom. The zero-order valence-electron chi connectivity index (χ0n) is 7.74. The summed E-state index contributed by atoms with van der Waals surface area (Å²) >= 11 is 0. The van der Waals surface area contributed by atoms with Crippen molar-refractivity contribution in [2.45, 2.75) is 0 Å². The molecule has 0 saturated carbocycles. The summed E-state index contributed by atoms with van der Waals surface area (Å²) in [5.74, 6) is -0.277. The van der Waals surface area contributed by atoms with E-state index in [0.29, 0.717) is 11.4 Å². The smallest absolute Gasteiger partial charge is 0.148 e. The molecular formula is C10H10FN3. The molecule has 0 atom stereocenters. The minimum absolute atomic E-state index is 0.277. The number of benzene rings is 1. The van der Waals surface area contributed by atoms with Crippen molar-refractivity contribution in [2.75, 3.05) is 12.4 Å². The molecule has 2 aromatic rings. The number of hydrogen-bond donors (Lipinski definition) is 1. The highest BCUT2D eigenvalue weighted by Gasteiger charge is 2.07.